The molecule has 0 radical (unpaired) electrons. The van der Waals surface area contributed by atoms with Gasteiger partial charge >= 0.3 is 0 Å². The molecule has 1 aromatic carbocycles. The normalized spacial score (nSPS) is 12.7. The zero-order valence-electron chi connectivity index (χ0n) is 11.4. The molecular formula is C14H16N2O3S. The van der Waals surface area contributed by atoms with Crippen LogP contribution in [0.5, 0.6) is 17.2 Å². The Hall–Kier alpha value is -1.79. The highest BCUT2D eigenvalue weighted by molar-refractivity contribution is 7.13. The highest BCUT2D eigenvalue weighted by Crippen LogP contribution is 2.44. The van der Waals surface area contributed by atoms with E-state index in [1.54, 1.807) is 18.4 Å². The number of benzene rings is 1. The van der Waals surface area contributed by atoms with Gasteiger partial charge in [0.05, 0.1) is 12.8 Å². The number of hydrogen-bond donors (Lipinski definition) is 1. The lowest BCUT2D eigenvalue weighted by molar-refractivity contribution is 0.171. The number of rotatable bonds is 5. The van der Waals surface area contributed by atoms with Crippen molar-refractivity contribution < 1.29 is 14.2 Å². The van der Waals surface area contributed by atoms with Crippen LogP contribution in [0, 0.1) is 0 Å². The molecule has 0 fully saturated rings. The molecule has 0 spiro atoms. The first-order valence-electron chi connectivity index (χ1n) is 6.45. The molecule has 1 N–H and O–H groups in total. The van der Waals surface area contributed by atoms with Crippen LogP contribution < -0.4 is 19.5 Å². The van der Waals surface area contributed by atoms with Gasteiger partial charge in [0.1, 0.15) is 5.01 Å². The number of nitrogens with one attached hydrogen (secondary N) is 1. The maximum absolute atomic E-state index is 5.44. The molecule has 0 amide bonds. The number of thiazole rings is 1. The Morgan fingerprint density at radius 3 is 3.10 bits per heavy atom. The van der Waals surface area contributed by atoms with Crippen molar-refractivity contribution >= 4 is 11.3 Å². The Balaban J connectivity index is 1.92. The van der Waals surface area contributed by atoms with Gasteiger partial charge < -0.3 is 19.5 Å². The Kier molecular flexibility index (Phi) is 3.75. The van der Waals surface area contributed by atoms with Crippen LogP contribution in [0.25, 0.3) is 10.6 Å². The van der Waals surface area contributed by atoms with Crippen LogP contribution in [0.3, 0.4) is 0 Å². The highest BCUT2D eigenvalue weighted by atomic mass is 32.1. The summed E-state index contributed by atoms with van der Waals surface area (Å²) in [5.41, 5.74) is 2.03. The minimum absolute atomic E-state index is 0.235. The van der Waals surface area contributed by atoms with Crippen LogP contribution in [0.15, 0.2) is 17.5 Å². The molecule has 1 aliphatic rings. The fourth-order valence-electron chi connectivity index (χ4n) is 2.03. The van der Waals surface area contributed by atoms with Crippen LogP contribution in [-0.4, -0.2) is 25.4 Å². The number of hydrogen-bond acceptors (Lipinski definition) is 6. The molecule has 20 heavy (non-hydrogen) atoms. The fraction of sp³-hybridized carbons (Fsp3) is 0.357. The molecule has 0 atom stereocenters. The van der Waals surface area contributed by atoms with E-state index >= 15 is 0 Å². The van der Waals surface area contributed by atoms with Crippen LogP contribution in [-0.2, 0) is 6.54 Å². The molecule has 0 unspecified atom stereocenters. The summed E-state index contributed by atoms with van der Waals surface area (Å²) in [5.74, 6) is 2.06. The zero-order chi connectivity index (χ0) is 13.9. The van der Waals surface area contributed by atoms with Gasteiger partial charge in [-0.15, -0.1) is 11.3 Å². The van der Waals surface area contributed by atoms with Gasteiger partial charge in [-0.3, -0.25) is 0 Å². The molecule has 0 saturated carbocycles. The molecular weight excluding hydrogens is 276 g/mol. The summed E-state index contributed by atoms with van der Waals surface area (Å²) in [6, 6.07) is 3.88. The van der Waals surface area contributed by atoms with E-state index < -0.39 is 0 Å². The third-order valence-corrected chi connectivity index (χ3v) is 3.95. The molecule has 0 aliphatic carbocycles. The van der Waals surface area contributed by atoms with Gasteiger partial charge in [0.2, 0.25) is 12.5 Å². The summed E-state index contributed by atoms with van der Waals surface area (Å²) in [6.07, 6.45) is 0. The number of aromatic nitrogens is 1. The third kappa shape index (κ3) is 2.44. The van der Waals surface area contributed by atoms with E-state index in [4.69, 9.17) is 14.2 Å². The predicted molar refractivity (Wildman–Crippen MR) is 77.6 cm³/mol. The van der Waals surface area contributed by atoms with Crippen LogP contribution in [0.2, 0.25) is 0 Å². The summed E-state index contributed by atoms with van der Waals surface area (Å²) in [4.78, 5) is 4.62. The molecule has 5 nitrogen and oxygen atoms in total. The lowest BCUT2D eigenvalue weighted by Crippen LogP contribution is -2.11. The van der Waals surface area contributed by atoms with Crippen LogP contribution >= 0.6 is 11.3 Å². The van der Waals surface area contributed by atoms with Gasteiger partial charge in [-0.05, 0) is 18.7 Å². The van der Waals surface area contributed by atoms with E-state index in [1.165, 1.54) is 0 Å². The minimum Gasteiger partial charge on any atom is -0.493 e. The first-order chi connectivity index (χ1) is 9.81. The monoisotopic (exact) mass is 292 g/mol. The Morgan fingerprint density at radius 1 is 1.40 bits per heavy atom. The van der Waals surface area contributed by atoms with E-state index in [2.05, 4.69) is 22.6 Å². The molecule has 3 rings (SSSR count). The lowest BCUT2D eigenvalue weighted by atomic mass is 10.2. The van der Waals surface area contributed by atoms with Crippen molar-refractivity contribution in [2.45, 2.75) is 13.5 Å². The molecule has 1 aliphatic heterocycles. The van der Waals surface area contributed by atoms with Crippen molar-refractivity contribution in [3.63, 3.8) is 0 Å². The standard InChI is InChI=1S/C14H16N2O3S/c1-3-15-6-10-7-20-14(16-10)9-4-11(17-2)13-12(5-9)18-8-19-13/h4-5,7,15H,3,6,8H2,1-2H3. The predicted octanol–water partition coefficient (Wildman–Crippen LogP) is 2.66. The molecule has 6 heteroatoms. The van der Waals surface area contributed by atoms with E-state index in [-0.39, 0.29) is 6.79 Å². The van der Waals surface area contributed by atoms with E-state index in [1.807, 2.05) is 12.1 Å². The van der Waals surface area contributed by atoms with E-state index in [0.29, 0.717) is 17.2 Å². The summed E-state index contributed by atoms with van der Waals surface area (Å²) in [7, 11) is 1.62. The Labute approximate surface area is 121 Å². The molecule has 0 saturated heterocycles. The van der Waals surface area contributed by atoms with Gasteiger partial charge in [-0.2, -0.15) is 0 Å². The van der Waals surface area contributed by atoms with E-state index in [9.17, 15) is 0 Å². The second-order valence-electron chi connectivity index (χ2n) is 4.34. The van der Waals surface area contributed by atoms with Crippen LogP contribution in [0.4, 0.5) is 0 Å². The SMILES string of the molecule is CCNCc1csc(-c2cc(OC)c3c(c2)OCO3)n1. The van der Waals surface area contributed by atoms with Crippen molar-refractivity contribution in [2.75, 3.05) is 20.4 Å². The second kappa shape index (κ2) is 5.68. The summed E-state index contributed by atoms with van der Waals surface area (Å²) in [6.45, 7) is 4.04. The highest BCUT2D eigenvalue weighted by Gasteiger charge is 2.21. The topological polar surface area (TPSA) is 52.6 Å². The van der Waals surface area contributed by atoms with Gasteiger partial charge in [0.25, 0.3) is 0 Å². The Morgan fingerprint density at radius 2 is 2.30 bits per heavy atom. The first-order valence-corrected chi connectivity index (χ1v) is 7.33. The van der Waals surface area contributed by atoms with Crippen molar-refractivity contribution in [1.82, 2.24) is 10.3 Å². The minimum atomic E-state index is 0.235. The number of nitrogens with zero attached hydrogens (tertiary/aromatic N) is 1. The first kappa shape index (κ1) is 13.2. The fourth-order valence-corrected chi connectivity index (χ4v) is 2.83. The smallest absolute Gasteiger partial charge is 0.231 e. The van der Waals surface area contributed by atoms with Gasteiger partial charge in [-0.1, -0.05) is 6.92 Å². The lowest BCUT2D eigenvalue weighted by Gasteiger charge is -2.06. The molecule has 1 aromatic heterocycles. The van der Waals surface area contributed by atoms with Crippen molar-refractivity contribution in [3.05, 3.63) is 23.2 Å². The van der Waals surface area contributed by atoms with Gasteiger partial charge in [-0.25, -0.2) is 4.98 Å². The number of methoxy groups -OCH3 is 1. The van der Waals surface area contributed by atoms with Crippen LogP contribution in [0.1, 0.15) is 12.6 Å². The van der Waals surface area contributed by atoms with Gasteiger partial charge in [0, 0.05) is 17.5 Å². The third-order valence-electron chi connectivity index (χ3n) is 3.01. The molecule has 106 valence electrons. The maximum Gasteiger partial charge on any atom is 0.231 e. The number of fused-ring (bicyclic) bond motifs is 1. The van der Waals surface area contributed by atoms with Crippen molar-refractivity contribution in [1.29, 1.82) is 0 Å². The van der Waals surface area contributed by atoms with Gasteiger partial charge in [0.15, 0.2) is 11.5 Å². The summed E-state index contributed by atoms with van der Waals surface area (Å²) >= 11 is 1.61. The number of ether oxygens (including phenoxy) is 3. The summed E-state index contributed by atoms with van der Waals surface area (Å²) < 4.78 is 16.2. The van der Waals surface area contributed by atoms with Crippen molar-refractivity contribution in [2.24, 2.45) is 0 Å². The molecule has 2 heterocycles. The van der Waals surface area contributed by atoms with E-state index in [0.717, 1.165) is 29.4 Å². The zero-order valence-corrected chi connectivity index (χ0v) is 12.3. The molecule has 0 bridgehead atoms. The largest absolute Gasteiger partial charge is 0.493 e. The van der Waals surface area contributed by atoms with Crippen molar-refractivity contribution in [3.8, 4) is 27.8 Å². The molecule has 2 aromatic rings. The second-order valence-corrected chi connectivity index (χ2v) is 5.19. The maximum atomic E-state index is 5.44. The quantitative estimate of drug-likeness (QED) is 0.918. The average molecular weight is 292 g/mol. The Bertz CT molecular complexity index is 612. The summed E-state index contributed by atoms with van der Waals surface area (Å²) in [5, 5.41) is 6.29. The average Bonchev–Trinajstić information content (AvgIpc) is 3.12.